The standard InChI is InChI=1S/C9H14N2O3S/c1-2-6-15(13,14)7-5-11-8-10-4-3-9(11)12/h3-4,8H,2,5-7H2,1H3. The van der Waals surface area contributed by atoms with Crippen LogP contribution in [0, 0.1) is 0 Å². The Balaban J connectivity index is 2.66. The van der Waals surface area contributed by atoms with Crippen molar-refractivity contribution in [2.24, 2.45) is 0 Å². The van der Waals surface area contributed by atoms with Crippen LogP contribution in [0.3, 0.4) is 0 Å². The Morgan fingerprint density at radius 2 is 2.13 bits per heavy atom. The largest absolute Gasteiger partial charge is 0.298 e. The monoisotopic (exact) mass is 230 g/mol. The molecule has 1 heterocycles. The van der Waals surface area contributed by atoms with Gasteiger partial charge in [-0.05, 0) is 6.42 Å². The van der Waals surface area contributed by atoms with E-state index >= 15 is 0 Å². The Bertz CT molecular complexity index is 464. The topological polar surface area (TPSA) is 69.0 Å². The lowest BCUT2D eigenvalue weighted by Crippen LogP contribution is -2.24. The van der Waals surface area contributed by atoms with E-state index in [2.05, 4.69) is 4.98 Å². The second kappa shape index (κ2) is 5.06. The molecule has 15 heavy (non-hydrogen) atoms. The molecular weight excluding hydrogens is 216 g/mol. The molecule has 0 aliphatic heterocycles. The van der Waals surface area contributed by atoms with Crippen LogP contribution in [0.5, 0.6) is 0 Å². The van der Waals surface area contributed by atoms with Gasteiger partial charge < -0.3 is 0 Å². The number of sulfone groups is 1. The van der Waals surface area contributed by atoms with E-state index in [9.17, 15) is 13.2 Å². The average Bonchev–Trinajstić information content (AvgIpc) is 2.16. The van der Waals surface area contributed by atoms with Crippen LogP contribution in [-0.2, 0) is 16.4 Å². The van der Waals surface area contributed by atoms with Crippen molar-refractivity contribution in [3.8, 4) is 0 Å². The van der Waals surface area contributed by atoms with Crippen LogP contribution in [0.4, 0.5) is 0 Å². The van der Waals surface area contributed by atoms with Gasteiger partial charge in [0.25, 0.3) is 5.56 Å². The predicted octanol–water partition coefficient (Wildman–Crippen LogP) is 0.0681. The van der Waals surface area contributed by atoms with Gasteiger partial charge in [-0.2, -0.15) is 0 Å². The molecular formula is C9H14N2O3S. The van der Waals surface area contributed by atoms with Crippen molar-refractivity contribution in [1.29, 1.82) is 0 Å². The van der Waals surface area contributed by atoms with Gasteiger partial charge in [0, 0.05) is 24.6 Å². The van der Waals surface area contributed by atoms with Crippen molar-refractivity contribution in [2.75, 3.05) is 11.5 Å². The lowest BCUT2D eigenvalue weighted by molar-refractivity contribution is 0.585. The highest BCUT2D eigenvalue weighted by atomic mass is 32.2. The Morgan fingerprint density at radius 3 is 2.73 bits per heavy atom. The highest BCUT2D eigenvalue weighted by Crippen LogP contribution is 1.94. The fraction of sp³-hybridized carbons (Fsp3) is 0.556. The third-order valence-electron chi connectivity index (χ3n) is 1.95. The predicted molar refractivity (Wildman–Crippen MR) is 57.4 cm³/mol. The summed E-state index contributed by atoms with van der Waals surface area (Å²) >= 11 is 0. The summed E-state index contributed by atoms with van der Waals surface area (Å²) in [6, 6.07) is 1.31. The molecule has 0 bridgehead atoms. The van der Waals surface area contributed by atoms with Crippen LogP contribution in [0.1, 0.15) is 13.3 Å². The first kappa shape index (κ1) is 11.9. The first-order valence-electron chi connectivity index (χ1n) is 4.76. The number of rotatable bonds is 5. The molecule has 1 rings (SSSR count). The fourth-order valence-electron chi connectivity index (χ4n) is 1.20. The molecule has 0 N–H and O–H groups in total. The number of aromatic nitrogens is 2. The van der Waals surface area contributed by atoms with Gasteiger partial charge in [0.2, 0.25) is 0 Å². The summed E-state index contributed by atoms with van der Waals surface area (Å²) in [6.07, 6.45) is 3.34. The molecule has 0 radical (unpaired) electrons. The van der Waals surface area contributed by atoms with Crippen LogP contribution < -0.4 is 5.56 Å². The van der Waals surface area contributed by atoms with Gasteiger partial charge in [0.15, 0.2) is 9.84 Å². The van der Waals surface area contributed by atoms with E-state index < -0.39 is 9.84 Å². The molecule has 5 nitrogen and oxygen atoms in total. The summed E-state index contributed by atoms with van der Waals surface area (Å²) in [6.45, 7) is 1.99. The molecule has 1 aromatic heterocycles. The summed E-state index contributed by atoms with van der Waals surface area (Å²) in [4.78, 5) is 15.0. The number of nitrogens with zero attached hydrogens (tertiary/aromatic N) is 2. The van der Waals surface area contributed by atoms with Crippen molar-refractivity contribution in [2.45, 2.75) is 19.9 Å². The lowest BCUT2D eigenvalue weighted by Gasteiger charge is -2.04. The van der Waals surface area contributed by atoms with Crippen molar-refractivity contribution < 1.29 is 8.42 Å². The van der Waals surface area contributed by atoms with Crippen molar-refractivity contribution in [3.63, 3.8) is 0 Å². The Hall–Kier alpha value is -1.17. The smallest absolute Gasteiger partial charge is 0.253 e. The molecule has 0 spiro atoms. The molecule has 0 saturated carbocycles. The number of hydrogen-bond acceptors (Lipinski definition) is 4. The van der Waals surface area contributed by atoms with E-state index in [-0.39, 0.29) is 23.6 Å². The van der Waals surface area contributed by atoms with Crippen LogP contribution in [0.25, 0.3) is 0 Å². The normalized spacial score (nSPS) is 11.5. The van der Waals surface area contributed by atoms with Gasteiger partial charge in [0.05, 0.1) is 12.1 Å². The second-order valence-electron chi connectivity index (χ2n) is 3.26. The van der Waals surface area contributed by atoms with E-state index in [1.54, 1.807) is 0 Å². The lowest BCUT2D eigenvalue weighted by atomic mass is 10.6. The summed E-state index contributed by atoms with van der Waals surface area (Å²) in [5.41, 5.74) is -0.225. The second-order valence-corrected chi connectivity index (χ2v) is 5.57. The van der Waals surface area contributed by atoms with Gasteiger partial charge in [-0.3, -0.25) is 9.36 Å². The fourth-order valence-corrected chi connectivity index (χ4v) is 2.50. The van der Waals surface area contributed by atoms with Crippen LogP contribution in [0.2, 0.25) is 0 Å². The summed E-state index contributed by atoms with van der Waals surface area (Å²) < 4.78 is 24.1. The molecule has 0 amide bonds. The Kier molecular flexibility index (Phi) is 4.02. The maximum atomic E-state index is 11.4. The number of aryl methyl sites for hydroxylation is 1. The van der Waals surface area contributed by atoms with Crippen molar-refractivity contribution >= 4 is 9.84 Å². The first-order chi connectivity index (χ1) is 7.05. The van der Waals surface area contributed by atoms with Gasteiger partial charge >= 0.3 is 0 Å². The van der Waals surface area contributed by atoms with Crippen molar-refractivity contribution in [1.82, 2.24) is 9.55 Å². The molecule has 84 valence electrons. The SMILES string of the molecule is CCCS(=O)(=O)CCn1cnccc1=O. The quantitative estimate of drug-likeness (QED) is 0.717. The van der Waals surface area contributed by atoms with E-state index in [0.717, 1.165) is 0 Å². The minimum absolute atomic E-state index is 0.00750. The molecule has 0 fully saturated rings. The zero-order valence-electron chi connectivity index (χ0n) is 8.59. The Morgan fingerprint density at radius 1 is 1.40 bits per heavy atom. The first-order valence-corrected chi connectivity index (χ1v) is 6.58. The van der Waals surface area contributed by atoms with Crippen LogP contribution >= 0.6 is 0 Å². The van der Waals surface area contributed by atoms with E-state index in [0.29, 0.717) is 6.42 Å². The molecule has 0 aliphatic carbocycles. The Labute approximate surface area is 88.7 Å². The average molecular weight is 230 g/mol. The minimum Gasteiger partial charge on any atom is -0.298 e. The maximum absolute atomic E-state index is 11.4. The maximum Gasteiger partial charge on any atom is 0.253 e. The molecule has 0 unspecified atom stereocenters. The van der Waals surface area contributed by atoms with E-state index in [1.165, 1.54) is 23.2 Å². The third kappa shape index (κ3) is 3.83. The zero-order chi connectivity index (χ0) is 11.3. The minimum atomic E-state index is -3.03. The summed E-state index contributed by atoms with van der Waals surface area (Å²) in [7, 11) is -3.03. The molecule has 6 heteroatoms. The van der Waals surface area contributed by atoms with E-state index in [1.807, 2.05) is 6.92 Å². The van der Waals surface area contributed by atoms with Crippen LogP contribution in [-0.4, -0.2) is 29.5 Å². The molecule has 0 atom stereocenters. The molecule has 1 aromatic rings. The third-order valence-corrected chi connectivity index (χ3v) is 3.79. The molecule has 0 aliphatic rings. The van der Waals surface area contributed by atoms with Crippen LogP contribution in [0.15, 0.2) is 23.4 Å². The highest BCUT2D eigenvalue weighted by molar-refractivity contribution is 7.91. The van der Waals surface area contributed by atoms with E-state index in [4.69, 9.17) is 0 Å². The summed E-state index contributed by atoms with van der Waals surface area (Å²) in [5.74, 6) is 0.161. The molecule has 0 saturated heterocycles. The van der Waals surface area contributed by atoms with Crippen molar-refractivity contribution in [3.05, 3.63) is 28.9 Å². The van der Waals surface area contributed by atoms with Gasteiger partial charge in [0.1, 0.15) is 0 Å². The number of hydrogen-bond donors (Lipinski definition) is 0. The zero-order valence-corrected chi connectivity index (χ0v) is 9.40. The van der Waals surface area contributed by atoms with Gasteiger partial charge in [-0.1, -0.05) is 6.92 Å². The molecule has 0 aromatic carbocycles. The van der Waals surface area contributed by atoms with Gasteiger partial charge in [-0.25, -0.2) is 13.4 Å². The highest BCUT2D eigenvalue weighted by Gasteiger charge is 2.09. The summed E-state index contributed by atoms with van der Waals surface area (Å²) in [5, 5.41) is 0. The van der Waals surface area contributed by atoms with Gasteiger partial charge in [-0.15, -0.1) is 0 Å².